The molecule has 2 aromatic rings. The summed E-state index contributed by atoms with van der Waals surface area (Å²) < 4.78 is 15.0. The first kappa shape index (κ1) is 12.7. The maximum absolute atomic E-state index is 10.4. The smallest absolute Gasteiger partial charge is 0.316 e. The van der Waals surface area contributed by atoms with Gasteiger partial charge in [-0.05, 0) is 29.5 Å². The quantitative estimate of drug-likeness (QED) is 0.852. The van der Waals surface area contributed by atoms with E-state index in [4.69, 9.17) is 10.2 Å². The van der Waals surface area contributed by atoms with E-state index in [9.17, 15) is 4.57 Å². The van der Waals surface area contributed by atoms with Gasteiger partial charge in [-0.25, -0.2) is 4.98 Å². The van der Waals surface area contributed by atoms with Crippen LogP contribution in [-0.2, 0) is 15.5 Å². The zero-order chi connectivity index (χ0) is 13.0. The van der Waals surface area contributed by atoms with E-state index in [1.165, 1.54) is 0 Å². The third kappa shape index (κ3) is 2.93. The van der Waals surface area contributed by atoms with Gasteiger partial charge < -0.3 is 9.42 Å². The highest BCUT2D eigenvalue weighted by atomic mass is 31.1. The van der Waals surface area contributed by atoms with Crippen molar-refractivity contribution in [2.75, 3.05) is 6.61 Å². The number of aromatic nitrogens is 1. The topological polar surface area (TPSA) is 83.2 Å². The van der Waals surface area contributed by atoms with Crippen molar-refractivity contribution in [1.82, 2.24) is 4.98 Å². The normalized spacial score (nSPS) is 12.2. The van der Waals surface area contributed by atoms with Crippen LogP contribution < -0.4 is 0 Å². The number of benzene rings is 1. The molecule has 1 aromatic heterocycles. The predicted molar refractivity (Wildman–Crippen MR) is 67.3 cm³/mol. The van der Waals surface area contributed by atoms with Crippen molar-refractivity contribution in [3.05, 3.63) is 41.7 Å². The van der Waals surface area contributed by atoms with Crippen molar-refractivity contribution < 1.29 is 14.0 Å². The molecule has 1 unspecified atom stereocenters. The van der Waals surface area contributed by atoms with Crippen LogP contribution in [0.25, 0.3) is 10.8 Å². The van der Waals surface area contributed by atoms with Crippen LogP contribution in [0.2, 0.25) is 0 Å². The monoisotopic (exact) mass is 262 g/mol. The molecule has 1 aromatic carbocycles. The molecule has 18 heavy (non-hydrogen) atoms. The largest absolute Gasteiger partial charge is 0.326 e. The number of pyridine rings is 1. The Kier molecular flexibility index (Phi) is 4.06. The first-order chi connectivity index (χ1) is 8.70. The van der Waals surface area contributed by atoms with Gasteiger partial charge in [-0.15, -0.1) is 0 Å². The second kappa shape index (κ2) is 5.74. The summed E-state index contributed by atoms with van der Waals surface area (Å²) in [7, 11) is -2.87. The molecule has 0 aliphatic carbocycles. The molecular weight excluding hydrogens is 251 g/mol. The van der Waals surface area contributed by atoms with Crippen LogP contribution >= 0.6 is 8.25 Å². The van der Waals surface area contributed by atoms with Crippen LogP contribution in [0.3, 0.4) is 0 Å². The van der Waals surface area contributed by atoms with Gasteiger partial charge in [-0.2, -0.15) is 5.26 Å². The molecule has 0 aliphatic heterocycles. The van der Waals surface area contributed by atoms with E-state index < -0.39 is 8.25 Å². The number of fused-ring (bicyclic) bond motifs is 1. The molecule has 1 atom stereocenters. The van der Waals surface area contributed by atoms with Crippen molar-refractivity contribution in [1.29, 1.82) is 5.26 Å². The van der Waals surface area contributed by atoms with Gasteiger partial charge in [0.2, 0.25) is 0 Å². The van der Waals surface area contributed by atoms with Crippen molar-refractivity contribution in [3.63, 3.8) is 0 Å². The summed E-state index contributed by atoms with van der Waals surface area (Å²) in [5, 5.41) is 10.7. The van der Waals surface area contributed by atoms with Gasteiger partial charge in [-0.3, -0.25) is 4.57 Å². The summed E-state index contributed by atoms with van der Waals surface area (Å²) in [5.41, 5.74) is 1.32. The number of nitrogens with zero attached hydrogens (tertiary/aromatic N) is 2. The van der Waals surface area contributed by atoms with E-state index in [1.54, 1.807) is 6.20 Å². The SMILES string of the molecule is N#Cc1nccc2ccc(CCO[PH](=O)O)cc12. The molecule has 92 valence electrons. The molecule has 5 nitrogen and oxygen atoms in total. The molecule has 0 amide bonds. The van der Waals surface area contributed by atoms with E-state index >= 15 is 0 Å². The minimum atomic E-state index is -2.87. The third-order valence-corrected chi connectivity index (χ3v) is 3.00. The Balaban J connectivity index is 2.26. The fourth-order valence-electron chi connectivity index (χ4n) is 1.72. The minimum absolute atomic E-state index is 0.182. The lowest BCUT2D eigenvalue weighted by atomic mass is 10.0. The van der Waals surface area contributed by atoms with E-state index in [-0.39, 0.29) is 6.61 Å². The Bertz CT molecular complexity index is 637. The van der Waals surface area contributed by atoms with Crippen molar-refractivity contribution in [2.24, 2.45) is 0 Å². The van der Waals surface area contributed by atoms with Crippen molar-refractivity contribution in [2.45, 2.75) is 6.42 Å². The number of rotatable bonds is 4. The van der Waals surface area contributed by atoms with Crippen molar-refractivity contribution >= 4 is 19.0 Å². The highest BCUT2D eigenvalue weighted by molar-refractivity contribution is 7.32. The van der Waals surface area contributed by atoms with E-state index in [0.29, 0.717) is 12.1 Å². The van der Waals surface area contributed by atoms with Crippen LogP contribution in [-0.4, -0.2) is 16.5 Å². The summed E-state index contributed by atoms with van der Waals surface area (Å²) in [6.07, 6.45) is 2.12. The number of nitriles is 1. The maximum atomic E-state index is 10.4. The first-order valence-corrected chi connectivity index (χ1v) is 6.60. The van der Waals surface area contributed by atoms with Crippen LogP contribution in [0.1, 0.15) is 11.3 Å². The molecule has 0 saturated carbocycles. The third-order valence-electron chi connectivity index (χ3n) is 2.55. The number of hydrogen-bond acceptors (Lipinski definition) is 4. The number of hydrogen-bond donors (Lipinski definition) is 1. The highest BCUT2D eigenvalue weighted by Gasteiger charge is 2.03. The lowest BCUT2D eigenvalue weighted by Gasteiger charge is -2.04. The van der Waals surface area contributed by atoms with E-state index in [0.717, 1.165) is 16.3 Å². The maximum Gasteiger partial charge on any atom is 0.316 e. The molecule has 0 saturated heterocycles. The molecule has 1 N–H and O–H groups in total. The van der Waals surface area contributed by atoms with Crippen molar-refractivity contribution in [3.8, 4) is 6.07 Å². The van der Waals surface area contributed by atoms with Gasteiger partial charge in [0.15, 0.2) is 0 Å². The lowest BCUT2D eigenvalue weighted by Crippen LogP contribution is -1.94. The molecule has 2 rings (SSSR count). The van der Waals surface area contributed by atoms with Gasteiger partial charge >= 0.3 is 8.25 Å². The summed E-state index contributed by atoms with van der Waals surface area (Å²) in [6.45, 7) is 0.182. The average molecular weight is 262 g/mol. The molecule has 0 bridgehead atoms. The standard InChI is InChI=1S/C12H11N2O3P/c13-8-12-11-7-9(4-6-17-18(15)16)1-2-10(11)3-5-14-12/h1-3,5,7,18H,4,6H2,(H,15,16). The Morgan fingerprint density at radius 1 is 1.44 bits per heavy atom. The Labute approximate surface area is 105 Å². The Morgan fingerprint density at radius 3 is 3.00 bits per heavy atom. The second-order valence-corrected chi connectivity index (χ2v) is 4.51. The molecule has 1 heterocycles. The Morgan fingerprint density at radius 2 is 2.28 bits per heavy atom. The molecule has 0 radical (unpaired) electrons. The zero-order valence-corrected chi connectivity index (χ0v) is 10.5. The van der Waals surface area contributed by atoms with E-state index in [1.807, 2.05) is 30.3 Å². The van der Waals surface area contributed by atoms with Gasteiger partial charge in [0.1, 0.15) is 11.8 Å². The van der Waals surface area contributed by atoms with Gasteiger partial charge in [0.25, 0.3) is 0 Å². The Hall–Kier alpha value is -1.73. The summed E-state index contributed by atoms with van der Waals surface area (Å²) in [5.74, 6) is 0. The van der Waals surface area contributed by atoms with Crippen LogP contribution in [0.5, 0.6) is 0 Å². The molecule has 6 heteroatoms. The molecule has 0 aliphatic rings. The first-order valence-electron chi connectivity index (χ1n) is 5.34. The molecular formula is C12H11N2O3P. The lowest BCUT2D eigenvalue weighted by molar-refractivity contribution is 0.285. The second-order valence-electron chi connectivity index (χ2n) is 3.69. The highest BCUT2D eigenvalue weighted by Crippen LogP contribution is 2.20. The fraction of sp³-hybridized carbons (Fsp3) is 0.167. The molecule has 0 fully saturated rings. The van der Waals surface area contributed by atoms with Gasteiger partial charge in [0, 0.05) is 11.6 Å². The molecule has 0 spiro atoms. The van der Waals surface area contributed by atoms with Gasteiger partial charge in [-0.1, -0.05) is 12.1 Å². The van der Waals surface area contributed by atoms with Crippen LogP contribution in [0.15, 0.2) is 30.5 Å². The van der Waals surface area contributed by atoms with Crippen LogP contribution in [0.4, 0.5) is 0 Å². The van der Waals surface area contributed by atoms with Crippen LogP contribution in [0, 0.1) is 11.3 Å². The minimum Gasteiger partial charge on any atom is -0.326 e. The summed E-state index contributed by atoms with van der Waals surface area (Å²) >= 11 is 0. The summed E-state index contributed by atoms with van der Waals surface area (Å²) in [4.78, 5) is 12.6. The van der Waals surface area contributed by atoms with Gasteiger partial charge in [0.05, 0.1) is 6.61 Å². The predicted octanol–water partition coefficient (Wildman–Crippen LogP) is 2.05. The average Bonchev–Trinajstić information content (AvgIpc) is 2.37. The van der Waals surface area contributed by atoms with E-state index in [2.05, 4.69) is 9.51 Å². The fourth-order valence-corrected chi connectivity index (χ4v) is 1.99. The zero-order valence-electron chi connectivity index (χ0n) is 9.46. The summed E-state index contributed by atoms with van der Waals surface area (Å²) in [6, 6.07) is 9.54.